The average Bonchev–Trinajstić information content (AvgIpc) is 2.76. The summed E-state index contributed by atoms with van der Waals surface area (Å²) >= 11 is 0. The summed E-state index contributed by atoms with van der Waals surface area (Å²) in [5.74, 6) is -6.91. The van der Waals surface area contributed by atoms with Crippen molar-refractivity contribution in [3.8, 4) is 0 Å². The predicted octanol–water partition coefficient (Wildman–Crippen LogP) is -3.69. The number of aliphatic carboxylic acids is 1. The Morgan fingerprint density at radius 1 is 0.743 bits per heavy atom. The maximum atomic E-state index is 13.0. The van der Waals surface area contributed by atoms with Crippen molar-refractivity contribution in [1.29, 1.82) is 0 Å². The van der Waals surface area contributed by atoms with Crippen LogP contribution in [0.4, 0.5) is 0 Å². The first-order valence-electron chi connectivity index (χ1n) is 10.9. The summed E-state index contributed by atoms with van der Waals surface area (Å²) in [5.41, 5.74) is 20.9. The lowest BCUT2D eigenvalue weighted by atomic mass is 9.96. The number of carbonyl (C=O) groups excluding carboxylic acids is 6. The molecule has 0 aromatic heterocycles. The number of nitrogens with two attached hydrogens (primary N) is 4. The third-order valence-electron chi connectivity index (χ3n) is 5.16. The van der Waals surface area contributed by atoms with Gasteiger partial charge in [0.2, 0.25) is 35.4 Å². The molecule has 15 nitrogen and oxygen atoms in total. The molecule has 0 aliphatic carbocycles. The average molecular weight is 502 g/mol. The van der Waals surface area contributed by atoms with E-state index in [-0.39, 0.29) is 25.7 Å². The number of hydrogen-bond donors (Lipinski definition) is 8. The molecule has 0 rings (SSSR count). The second-order valence-electron chi connectivity index (χ2n) is 8.12. The first-order valence-corrected chi connectivity index (χ1v) is 10.9. The van der Waals surface area contributed by atoms with Gasteiger partial charge in [-0.1, -0.05) is 20.3 Å². The fourth-order valence-corrected chi connectivity index (χ4v) is 2.88. The smallest absolute Gasteiger partial charge is 0.326 e. The summed E-state index contributed by atoms with van der Waals surface area (Å²) in [4.78, 5) is 82.7. The van der Waals surface area contributed by atoms with Gasteiger partial charge in [0.1, 0.15) is 18.1 Å². The zero-order valence-corrected chi connectivity index (χ0v) is 19.7. The molecule has 12 N–H and O–H groups in total. The highest BCUT2D eigenvalue weighted by Crippen LogP contribution is 2.10. The van der Waals surface area contributed by atoms with E-state index in [9.17, 15) is 38.7 Å². The molecule has 5 unspecified atom stereocenters. The number of carbonyl (C=O) groups is 7. The molecule has 0 aliphatic rings. The van der Waals surface area contributed by atoms with Crippen LogP contribution in [0, 0.1) is 5.92 Å². The van der Waals surface area contributed by atoms with Crippen molar-refractivity contribution in [2.45, 2.75) is 76.5 Å². The molecule has 0 saturated heterocycles. The second kappa shape index (κ2) is 15.2. The van der Waals surface area contributed by atoms with Crippen molar-refractivity contribution >= 4 is 41.4 Å². The van der Waals surface area contributed by atoms with Crippen molar-refractivity contribution in [3.05, 3.63) is 0 Å². The Bertz CT molecular complexity index is 819. The molecule has 198 valence electrons. The second-order valence-corrected chi connectivity index (χ2v) is 8.12. The summed E-state index contributed by atoms with van der Waals surface area (Å²) < 4.78 is 0. The molecule has 0 aromatic rings. The topological polar surface area (TPSA) is 280 Å². The van der Waals surface area contributed by atoms with Crippen LogP contribution in [0.15, 0.2) is 0 Å². The predicted molar refractivity (Wildman–Crippen MR) is 122 cm³/mol. The summed E-state index contributed by atoms with van der Waals surface area (Å²) in [5, 5.41) is 16.2. The molecule has 0 fully saturated rings. The van der Waals surface area contributed by atoms with E-state index in [1.165, 1.54) is 0 Å². The number of carboxylic acid groups (broad SMARTS) is 1. The zero-order valence-electron chi connectivity index (χ0n) is 19.7. The fraction of sp³-hybridized carbons (Fsp3) is 0.650. The molecule has 0 heterocycles. The van der Waals surface area contributed by atoms with Crippen molar-refractivity contribution in [3.63, 3.8) is 0 Å². The number of amides is 6. The van der Waals surface area contributed by atoms with E-state index in [4.69, 9.17) is 22.9 Å². The van der Waals surface area contributed by atoms with Gasteiger partial charge in [0.25, 0.3) is 0 Å². The Morgan fingerprint density at radius 3 is 1.71 bits per heavy atom. The number of primary amides is 3. The molecule has 0 aromatic carbocycles. The van der Waals surface area contributed by atoms with Crippen LogP contribution >= 0.6 is 0 Å². The van der Waals surface area contributed by atoms with E-state index < -0.39 is 77.9 Å². The Morgan fingerprint density at radius 2 is 1.26 bits per heavy atom. The van der Waals surface area contributed by atoms with Crippen LogP contribution in [-0.2, 0) is 33.6 Å². The monoisotopic (exact) mass is 501 g/mol. The van der Waals surface area contributed by atoms with Gasteiger partial charge in [0, 0.05) is 12.8 Å². The van der Waals surface area contributed by atoms with Gasteiger partial charge in [-0.25, -0.2) is 4.79 Å². The van der Waals surface area contributed by atoms with Gasteiger partial charge in [-0.3, -0.25) is 28.8 Å². The van der Waals surface area contributed by atoms with Gasteiger partial charge in [0.05, 0.1) is 12.5 Å². The summed E-state index contributed by atoms with van der Waals surface area (Å²) in [7, 11) is 0. The van der Waals surface area contributed by atoms with Gasteiger partial charge in [-0.2, -0.15) is 0 Å². The molecule has 0 aliphatic heterocycles. The van der Waals surface area contributed by atoms with Crippen LogP contribution in [0.1, 0.15) is 52.4 Å². The van der Waals surface area contributed by atoms with E-state index >= 15 is 0 Å². The third kappa shape index (κ3) is 12.3. The Kier molecular flexibility index (Phi) is 13.6. The van der Waals surface area contributed by atoms with Crippen LogP contribution < -0.4 is 38.9 Å². The number of rotatable bonds is 17. The maximum Gasteiger partial charge on any atom is 0.326 e. The van der Waals surface area contributed by atoms with Crippen molar-refractivity contribution in [2.75, 3.05) is 0 Å². The van der Waals surface area contributed by atoms with Crippen molar-refractivity contribution in [2.24, 2.45) is 28.9 Å². The normalized spacial score (nSPS) is 14.9. The summed E-state index contributed by atoms with van der Waals surface area (Å²) in [6.07, 6.45) is -1.06. The zero-order chi connectivity index (χ0) is 27.3. The Labute approximate surface area is 202 Å². The van der Waals surface area contributed by atoms with Crippen LogP contribution in [0.25, 0.3) is 0 Å². The largest absolute Gasteiger partial charge is 0.480 e. The van der Waals surface area contributed by atoms with Gasteiger partial charge in [-0.05, 0) is 18.8 Å². The van der Waals surface area contributed by atoms with Crippen molar-refractivity contribution < 1.29 is 38.7 Å². The number of hydrogen-bond acceptors (Lipinski definition) is 8. The van der Waals surface area contributed by atoms with Gasteiger partial charge in [-0.15, -0.1) is 0 Å². The summed E-state index contributed by atoms with van der Waals surface area (Å²) in [6, 6.07) is -5.36. The van der Waals surface area contributed by atoms with Crippen LogP contribution in [-0.4, -0.2) is 70.7 Å². The first kappa shape index (κ1) is 31.2. The molecule has 5 atom stereocenters. The SMILES string of the molecule is CCC(C)C(NC(=O)C(N)CCC(N)=O)C(=O)NC(CCC(N)=O)C(=O)NC(CC(N)=O)C(=O)O. The molecular formula is C20H35N7O8. The van der Waals surface area contributed by atoms with E-state index in [2.05, 4.69) is 16.0 Å². The van der Waals surface area contributed by atoms with E-state index in [1.54, 1.807) is 13.8 Å². The Balaban J connectivity index is 5.62. The molecule has 0 bridgehead atoms. The van der Waals surface area contributed by atoms with Gasteiger partial charge in [0.15, 0.2) is 0 Å². The van der Waals surface area contributed by atoms with Crippen LogP contribution in [0.2, 0.25) is 0 Å². The number of carboxylic acids is 1. The number of nitrogens with one attached hydrogen (secondary N) is 3. The van der Waals surface area contributed by atoms with Crippen LogP contribution in [0.5, 0.6) is 0 Å². The minimum Gasteiger partial charge on any atom is -0.480 e. The van der Waals surface area contributed by atoms with Gasteiger partial charge >= 0.3 is 5.97 Å². The molecule has 6 amide bonds. The van der Waals surface area contributed by atoms with E-state index in [0.717, 1.165) is 0 Å². The molecule has 0 radical (unpaired) electrons. The highest BCUT2D eigenvalue weighted by Gasteiger charge is 2.33. The van der Waals surface area contributed by atoms with E-state index in [1.807, 2.05) is 0 Å². The minimum atomic E-state index is -1.67. The van der Waals surface area contributed by atoms with Crippen LogP contribution in [0.3, 0.4) is 0 Å². The minimum absolute atomic E-state index is 0.0455. The maximum absolute atomic E-state index is 13.0. The van der Waals surface area contributed by atoms with Crippen molar-refractivity contribution in [1.82, 2.24) is 16.0 Å². The highest BCUT2D eigenvalue weighted by atomic mass is 16.4. The fourth-order valence-electron chi connectivity index (χ4n) is 2.88. The molecule has 0 spiro atoms. The lowest BCUT2D eigenvalue weighted by Crippen LogP contribution is -2.58. The standard InChI is InChI=1S/C20H35N7O8/c1-3-9(2)16(27-17(31)10(21)4-6-13(22)28)19(33)25-11(5-7-14(23)29)18(32)26-12(20(34)35)8-15(24)30/h9-12,16H,3-8,21H2,1-2H3,(H2,22,28)(H2,23,29)(H2,24,30)(H,25,33)(H,26,32)(H,27,31)(H,34,35). The Hall–Kier alpha value is -3.75. The van der Waals surface area contributed by atoms with E-state index in [0.29, 0.717) is 6.42 Å². The third-order valence-corrected chi connectivity index (χ3v) is 5.16. The van der Waals surface area contributed by atoms with Gasteiger partial charge < -0.3 is 44.0 Å². The molecule has 0 saturated carbocycles. The molecular weight excluding hydrogens is 466 g/mol. The lowest BCUT2D eigenvalue weighted by Gasteiger charge is -2.27. The molecule has 15 heteroatoms. The highest BCUT2D eigenvalue weighted by molar-refractivity contribution is 5.95. The first-order chi connectivity index (χ1) is 16.2. The lowest BCUT2D eigenvalue weighted by molar-refractivity contribution is -0.144. The summed E-state index contributed by atoms with van der Waals surface area (Å²) in [6.45, 7) is 3.41. The molecule has 35 heavy (non-hydrogen) atoms. The quantitative estimate of drug-likeness (QED) is 0.0971.